The van der Waals surface area contributed by atoms with Gasteiger partial charge in [-0.25, -0.2) is 8.42 Å². The topological polar surface area (TPSA) is 70.2 Å². The molecule has 0 radical (unpaired) electrons. The number of carbonyl (C=O) groups excluding carboxylic acids is 1. The van der Waals surface area contributed by atoms with E-state index in [1.165, 1.54) is 16.2 Å². The maximum Gasteiger partial charge on any atom is 0.223 e. The quantitative estimate of drug-likeness (QED) is 0.708. The molecule has 1 saturated heterocycles. The smallest absolute Gasteiger partial charge is 0.223 e. The minimum atomic E-state index is -3.28. The molecule has 4 rings (SSSR count). The van der Waals surface area contributed by atoms with Gasteiger partial charge in [-0.15, -0.1) is 0 Å². The highest BCUT2D eigenvalue weighted by Gasteiger charge is 2.23. The highest BCUT2D eigenvalue weighted by atomic mass is 32.2. The van der Waals surface area contributed by atoms with Crippen LogP contribution in [0.25, 0.3) is 0 Å². The fourth-order valence-electron chi connectivity index (χ4n) is 4.12. The van der Waals surface area contributed by atoms with Crippen LogP contribution < -0.4 is 9.64 Å². The van der Waals surface area contributed by atoms with Crippen LogP contribution in [-0.4, -0.2) is 69.1 Å². The molecule has 1 fully saturated rings. The van der Waals surface area contributed by atoms with Gasteiger partial charge in [0.15, 0.2) is 0 Å². The summed E-state index contributed by atoms with van der Waals surface area (Å²) in [5.41, 5.74) is 3.07. The lowest BCUT2D eigenvalue weighted by Crippen LogP contribution is -2.48. The monoisotopic (exact) mass is 443 g/mol. The van der Waals surface area contributed by atoms with Gasteiger partial charge in [-0.05, 0) is 30.2 Å². The maximum absolute atomic E-state index is 12.7. The first kappa shape index (κ1) is 21.6. The number of anilines is 1. The lowest BCUT2D eigenvalue weighted by molar-refractivity contribution is -0.131. The summed E-state index contributed by atoms with van der Waals surface area (Å²) < 4.78 is 31.0. The van der Waals surface area contributed by atoms with Crippen molar-refractivity contribution in [2.75, 3.05) is 50.5 Å². The van der Waals surface area contributed by atoms with Gasteiger partial charge in [0.05, 0.1) is 6.26 Å². The second-order valence-electron chi connectivity index (χ2n) is 8.09. The van der Waals surface area contributed by atoms with Gasteiger partial charge in [-0.1, -0.05) is 30.3 Å². The Morgan fingerprint density at radius 1 is 1.00 bits per heavy atom. The summed E-state index contributed by atoms with van der Waals surface area (Å²) >= 11 is 0. The third-order valence-corrected chi connectivity index (χ3v) is 7.17. The first-order chi connectivity index (χ1) is 14.9. The summed E-state index contributed by atoms with van der Waals surface area (Å²) in [4.78, 5) is 17.0. The van der Waals surface area contributed by atoms with Crippen molar-refractivity contribution >= 4 is 21.6 Å². The highest BCUT2D eigenvalue weighted by molar-refractivity contribution is 7.88. The van der Waals surface area contributed by atoms with Gasteiger partial charge in [0.1, 0.15) is 12.4 Å². The third kappa shape index (κ3) is 5.37. The average Bonchev–Trinajstić information content (AvgIpc) is 3.00. The van der Waals surface area contributed by atoms with Crippen LogP contribution in [0.5, 0.6) is 5.75 Å². The zero-order valence-electron chi connectivity index (χ0n) is 17.9. The number of piperazine rings is 1. The Labute approximate surface area is 184 Å². The van der Waals surface area contributed by atoms with Crippen LogP contribution in [0.2, 0.25) is 0 Å². The molecule has 31 heavy (non-hydrogen) atoms. The Morgan fingerprint density at radius 2 is 1.74 bits per heavy atom. The van der Waals surface area contributed by atoms with Crippen molar-refractivity contribution in [3.63, 3.8) is 0 Å². The van der Waals surface area contributed by atoms with Crippen LogP contribution in [-0.2, 0) is 27.8 Å². The molecule has 0 atom stereocenters. The van der Waals surface area contributed by atoms with Crippen molar-refractivity contribution in [3.05, 3.63) is 59.7 Å². The Balaban J connectivity index is 1.32. The highest BCUT2D eigenvalue weighted by Crippen LogP contribution is 2.26. The number of ether oxygens (including phenoxy) is 1. The van der Waals surface area contributed by atoms with E-state index in [9.17, 15) is 13.2 Å². The summed E-state index contributed by atoms with van der Waals surface area (Å²) in [6.07, 6.45) is 2.29. The molecule has 0 bridgehead atoms. The number of sulfonamides is 1. The number of hydrogen-bond donors (Lipinski definition) is 0. The van der Waals surface area contributed by atoms with E-state index in [0.29, 0.717) is 32.5 Å². The Kier molecular flexibility index (Phi) is 6.48. The number of benzene rings is 2. The molecule has 2 aromatic rings. The molecule has 2 aliphatic heterocycles. The summed E-state index contributed by atoms with van der Waals surface area (Å²) in [6.45, 7) is 4.13. The summed E-state index contributed by atoms with van der Waals surface area (Å²) in [7, 11) is -3.28. The molecule has 0 spiro atoms. The van der Waals surface area contributed by atoms with E-state index in [0.717, 1.165) is 43.1 Å². The summed E-state index contributed by atoms with van der Waals surface area (Å²) in [5.74, 6) is 0.884. The molecule has 1 amide bonds. The second-order valence-corrected chi connectivity index (χ2v) is 10.1. The van der Waals surface area contributed by atoms with Crippen molar-refractivity contribution in [1.82, 2.24) is 9.21 Å². The Bertz CT molecular complexity index is 1020. The van der Waals surface area contributed by atoms with Gasteiger partial charge >= 0.3 is 0 Å². The predicted molar refractivity (Wildman–Crippen MR) is 121 cm³/mol. The number of carbonyl (C=O) groups is 1. The van der Waals surface area contributed by atoms with Crippen molar-refractivity contribution < 1.29 is 17.9 Å². The van der Waals surface area contributed by atoms with Gasteiger partial charge in [0.2, 0.25) is 15.9 Å². The molecule has 0 unspecified atom stereocenters. The number of nitrogens with zero attached hydrogens (tertiary/aromatic N) is 3. The second kappa shape index (κ2) is 9.28. The predicted octanol–water partition coefficient (Wildman–Crippen LogP) is 2.12. The molecule has 2 aliphatic rings. The lowest BCUT2D eigenvalue weighted by Gasteiger charge is -2.36. The summed E-state index contributed by atoms with van der Waals surface area (Å²) in [5, 5.41) is 0. The van der Waals surface area contributed by atoms with Crippen LogP contribution in [0.4, 0.5) is 5.69 Å². The van der Waals surface area contributed by atoms with E-state index in [1.54, 1.807) is 0 Å². The molecule has 2 heterocycles. The first-order valence-electron chi connectivity index (χ1n) is 10.7. The number of hydrogen-bond acceptors (Lipinski definition) is 5. The van der Waals surface area contributed by atoms with Gasteiger partial charge in [0, 0.05) is 56.9 Å². The third-order valence-electron chi connectivity index (χ3n) is 5.92. The number of para-hydroxylation sites is 1. The minimum Gasteiger partial charge on any atom is -0.492 e. The zero-order chi connectivity index (χ0) is 21.8. The van der Waals surface area contributed by atoms with E-state index in [4.69, 9.17) is 4.74 Å². The standard InChI is InChI=1S/C23H29N3O4S/c1-31(28,29)26-15-16-30-22-9-7-19(17-20(22)18-26)8-10-23(27)25-13-11-24(12-14-25)21-5-3-2-4-6-21/h2-7,9,17H,8,10-16,18H2,1H3. The van der Waals surface area contributed by atoms with Crippen LogP contribution in [0, 0.1) is 0 Å². The van der Waals surface area contributed by atoms with Crippen LogP contribution in [0.15, 0.2) is 48.5 Å². The van der Waals surface area contributed by atoms with E-state index >= 15 is 0 Å². The molecule has 7 nitrogen and oxygen atoms in total. The van der Waals surface area contributed by atoms with E-state index < -0.39 is 10.0 Å². The van der Waals surface area contributed by atoms with Gasteiger partial charge in [0.25, 0.3) is 0 Å². The molecule has 0 N–H and O–H groups in total. The SMILES string of the molecule is CS(=O)(=O)N1CCOc2ccc(CCC(=O)N3CCN(c4ccccc4)CC3)cc2C1. The largest absolute Gasteiger partial charge is 0.492 e. The van der Waals surface area contributed by atoms with Crippen LogP contribution in [0.1, 0.15) is 17.5 Å². The fourth-order valence-corrected chi connectivity index (χ4v) is 4.90. The molecule has 0 aromatic heterocycles. The van der Waals surface area contributed by atoms with Gasteiger partial charge < -0.3 is 14.5 Å². The number of amides is 1. The van der Waals surface area contributed by atoms with Crippen LogP contribution in [0.3, 0.4) is 0 Å². The number of aryl methyl sites for hydroxylation is 1. The van der Waals surface area contributed by atoms with Crippen molar-refractivity contribution in [2.45, 2.75) is 19.4 Å². The minimum absolute atomic E-state index is 0.164. The van der Waals surface area contributed by atoms with Crippen LogP contribution >= 0.6 is 0 Å². The first-order valence-corrected chi connectivity index (χ1v) is 12.5. The van der Waals surface area contributed by atoms with Gasteiger partial charge in [-0.3, -0.25) is 4.79 Å². The fraction of sp³-hybridized carbons (Fsp3) is 0.435. The van der Waals surface area contributed by atoms with E-state index in [1.807, 2.05) is 41.3 Å². The normalized spacial score (nSPS) is 17.6. The van der Waals surface area contributed by atoms with E-state index in [2.05, 4.69) is 17.0 Å². The molecule has 2 aromatic carbocycles. The Morgan fingerprint density at radius 3 is 2.45 bits per heavy atom. The molecule has 0 saturated carbocycles. The molecule has 8 heteroatoms. The molecular formula is C23H29N3O4S. The molecule has 0 aliphatic carbocycles. The van der Waals surface area contributed by atoms with Crippen molar-refractivity contribution in [2.24, 2.45) is 0 Å². The summed E-state index contributed by atoms with van der Waals surface area (Å²) in [6, 6.07) is 16.1. The Hall–Kier alpha value is -2.58. The molecule has 166 valence electrons. The zero-order valence-corrected chi connectivity index (χ0v) is 18.7. The average molecular weight is 444 g/mol. The molecular weight excluding hydrogens is 414 g/mol. The van der Waals surface area contributed by atoms with Crippen molar-refractivity contribution in [1.29, 1.82) is 0 Å². The van der Waals surface area contributed by atoms with Gasteiger partial charge in [-0.2, -0.15) is 4.31 Å². The van der Waals surface area contributed by atoms with Crippen molar-refractivity contribution in [3.8, 4) is 5.75 Å². The van der Waals surface area contributed by atoms with E-state index in [-0.39, 0.29) is 5.91 Å². The number of fused-ring (bicyclic) bond motifs is 1. The number of rotatable bonds is 5. The lowest BCUT2D eigenvalue weighted by atomic mass is 10.0. The maximum atomic E-state index is 12.7.